The molecule has 4 N–H and O–H groups in total. The lowest BCUT2D eigenvalue weighted by Gasteiger charge is -2.32. The molecule has 0 aliphatic carbocycles. The molecule has 0 saturated heterocycles. The fourth-order valence-corrected chi connectivity index (χ4v) is 3.57. The van der Waals surface area contributed by atoms with Crippen molar-refractivity contribution in [2.45, 2.75) is 12.2 Å². The Bertz CT molecular complexity index is 824. The summed E-state index contributed by atoms with van der Waals surface area (Å²) in [5, 5.41) is 41.7. The summed E-state index contributed by atoms with van der Waals surface area (Å²) >= 11 is 0. The van der Waals surface area contributed by atoms with Gasteiger partial charge in [-0.1, -0.05) is 12.1 Å². The topological polar surface area (TPSA) is 118 Å². The molecule has 8 heteroatoms. The number of hydrogen-bond donors (Lipinski definition) is 4. The maximum atomic E-state index is 10.9. The van der Waals surface area contributed by atoms with Crippen LogP contribution in [-0.4, -0.2) is 54.7 Å². The molecule has 4 atom stereocenters. The van der Waals surface area contributed by atoms with Crippen molar-refractivity contribution in [2.24, 2.45) is 11.8 Å². The van der Waals surface area contributed by atoms with E-state index >= 15 is 0 Å². The van der Waals surface area contributed by atoms with Crippen LogP contribution in [0.1, 0.15) is 23.3 Å². The van der Waals surface area contributed by atoms with Gasteiger partial charge in [0.25, 0.3) is 0 Å². The molecule has 1 aliphatic rings. The van der Waals surface area contributed by atoms with Crippen molar-refractivity contribution in [2.75, 3.05) is 34.2 Å². The maximum Gasteiger partial charge on any atom is 0.231 e. The average Bonchev–Trinajstić information content (AvgIpc) is 3.23. The molecule has 0 saturated carbocycles. The summed E-state index contributed by atoms with van der Waals surface area (Å²) in [5.74, 6) is 0.340. The Kier molecular flexibility index (Phi) is 6.81. The van der Waals surface area contributed by atoms with Gasteiger partial charge in [-0.15, -0.1) is 0 Å². The number of ether oxygens (including phenoxy) is 4. The number of aliphatic hydroxyl groups excluding tert-OH is 4. The van der Waals surface area contributed by atoms with E-state index in [2.05, 4.69) is 0 Å². The second-order valence-corrected chi connectivity index (χ2v) is 6.81. The Labute approximate surface area is 168 Å². The molecule has 2 aromatic rings. The molecular weight excluding hydrogens is 380 g/mol. The molecule has 0 fully saturated rings. The number of methoxy groups -OCH3 is 2. The van der Waals surface area contributed by atoms with Crippen molar-refractivity contribution in [3.8, 4) is 23.0 Å². The molecule has 0 radical (unpaired) electrons. The highest BCUT2D eigenvalue weighted by Gasteiger charge is 2.35. The van der Waals surface area contributed by atoms with E-state index in [4.69, 9.17) is 18.9 Å². The van der Waals surface area contributed by atoms with Crippen LogP contribution in [0.15, 0.2) is 36.4 Å². The first-order valence-electron chi connectivity index (χ1n) is 9.23. The summed E-state index contributed by atoms with van der Waals surface area (Å²) < 4.78 is 21.1. The quantitative estimate of drug-likeness (QED) is 0.494. The van der Waals surface area contributed by atoms with Gasteiger partial charge in [0, 0.05) is 25.0 Å². The molecule has 1 heterocycles. The predicted molar refractivity (Wildman–Crippen MR) is 103 cm³/mol. The molecule has 3 rings (SSSR count). The molecule has 0 bridgehead atoms. The first kappa shape index (κ1) is 21.2. The fraction of sp³-hybridized carbons (Fsp3) is 0.429. The van der Waals surface area contributed by atoms with E-state index < -0.39 is 37.3 Å². The smallest absolute Gasteiger partial charge is 0.231 e. The van der Waals surface area contributed by atoms with Gasteiger partial charge >= 0.3 is 0 Å². The largest absolute Gasteiger partial charge is 0.493 e. The Morgan fingerprint density at radius 3 is 1.93 bits per heavy atom. The summed E-state index contributed by atoms with van der Waals surface area (Å²) in [7, 11) is 2.99. The SMILES string of the molecule is COc1ccc([C@H](O)[C@@H](CO)[C@H](CO)[C@H](O)c2ccc3c(c2)OCO3)cc1OC. The van der Waals surface area contributed by atoms with Gasteiger partial charge in [-0.05, 0) is 35.4 Å². The van der Waals surface area contributed by atoms with E-state index in [-0.39, 0.29) is 6.79 Å². The third kappa shape index (κ3) is 4.25. The molecule has 29 heavy (non-hydrogen) atoms. The molecule has 0 amide bonds. The Morgan fingerprint density at radius 1 is 0.793 bits per heavy atom. The summed E-state index contributed by atoms with van der Waals surface area (Å²) in [5.41, 5.74) is 0.962. The molecule has 0 unspecified atom stereocenters. The predicted octanol–water partition coefficient (Wildman–Crippen LogP) is 1.42. The molecular formula is C21H26O8. The fourth-order valence-electron chi connectivity index (χ4n) is 3.57. The minimum atomic E-state index is -1.15. The lowest BCUT2D eigenvalue weighted by molar-refractivity contribution is -0.0424. The minimum absolute atomic E-state index is 0.107. The van der Waals surface area contributed by atoms with Gasteiger partial charge in [0.15, 0.2) is 23.0 Å². The van der Waals surface area contributed by atoms with Crippen molar-refractivity contribution in [1.82, 2.24) is 0 Å². The highest BCUT2D eigenvalue weighted by Crippen LogP contribution is 2.40. The number of aliphatic hydroxyl groups is 4. The Balaban J connectivity index is 1.86. The molecule has 158 valence electrons. The lowest BCUT2D eigenvalue weighted by atomic mass is 9.80. The van der Waals surface area contributed by atoms with E-state index in [0.29, 0.717) is 34.1 Å². The molecule has 0 spiro atoms. The van der Waals surface area contributed by atoms with Gasteiger partial charge in [0.05, 0.1) is 26.4 Å². The van der Waals surface area contributed by atoms with Gasteiger partial charge in [-0.3, -0.25) is 0 Å². The lowest BCUT2D eigenvalue weighted by Crippen LogP contribution is -2.32. The number of rotatable bonds is 9. The monoisotopic (exact) mass is 406 g/mol. The molecule has 8 nitrogen and oxygen atoms in total. The average molecular weight is 406 g/mol. The number of benzene rings is 2. The van der Waals surface area contributed by atoms with Crippen LogP contribution in [0.2, 0.25) is 0 Å². The zero-order chi connectivity index (χ0) is 21.0. The summed E-state index contributed by atoms with van der Waals surface area (Å²) in [4.78, 5) is 0. The van der Waals surface area contributed by atoms with Crippen LogP contribution in [0.25, 0.3) is 0 Å². The van der Waals surface area contributed by atoms with Crippen molar-refractivity contribution >= 4 is 0 Å². The number of hydrogen-bond acceptors (Lipinski definition) is 8. The molecule has 2 aromatic carbocycles. The van der Waals surface area contributed by atoms with E-state index in [1.54, 1.807) is 36.4 Å². The standard InChI is InChI=1S/C21H26O8/c1-26-16-5-3-12(7-18(16)27-2)20(24)14(9-22)15(10-23)21(25)13-4-6-17-19(8-13)29-11-28-17/h3-8,14-15,20-25H,9-11H2,1-2H3/t14-,15-,20-,21+/m0/s1. The molecule has 1 aliphatic heterocycles. The highest BCUT2D eigenvalue weighted by atomic mass is 16.7. The van der Waals surface area contributed by atoms with Crippen LogP contribution < -0.4 is 18.9 Å². The van der Waals surface area contributed by atoms with Crippen molar-refractivity contribution < 1.29 is 39.4 Å². The van der Waals surface area contributed by atoms with Crippen molar-refractivity contribution in [3.05, 3.63) is 47.5 Å². The number of fused-ring (bicyclic) bond motifs is 1. The summed E-state index contributed by atoms with van der Waals surface area (Å²) in [6, 6.07) is 9.87. The summed E-state index contributed by atoms with van der Waals surface area (Å²) in [6.45, 7) is -0.775. The zero-order valence-electron chi connectivity index (χ0n) is 16.3. The Morgan fingerprint density at radius 2 is 1.34 bits per heavy atom. The summed E-state index contributed by atoms with van der Waals surface area (Å²) in [6.07, 6.45) is -2.29. The first-order chi connectivity index (χ1) is 14.0. The van der Waals surface area contributed by atoms with Gasteiger partial charge < -0.3 is 39.4 Å². The van der Waals surface area contributed by atoms with Crippen LogP contribution in [0, 0.1) is 11.8 Å². The highest BCUT2D eigenvalue weighted by molar-refractivity contribution is 5.45. The van der Waals surface area contributed by atoms with Crippen LogP contribution in [0.5, 0.6) is 23.0 Å². The van der Waals surface area contributed by atoms with E-state index in [9.17, 15) is 20.4 Å². The van der Waals surface area contributed by atoms with Crippen LogP contribution >= 0.6 is 0 Å². The zero-order valence-corrected chi connectivity index (χ0v) is 16.3. The van der Waals surface area contributed by atoms with Gasteiger partial charge in [0.1, 0.15) is 0 Å². The van der Waals surface area contributed by atoms with Gasteiger partial charge in [-0.2, -0.15) is 0 Å². The normalized spacial score (nSPS) is 16.8. The van der Waals surface area contributed by atoms with Gasteiger partial charge in [-0.25, -0.2) is 0 Å². The van der Waals surface area contributed by atoms with Crippen molar-refractivity contribution in [3.63, 3.8) is 0 Å². The Hall–Kier alpha value is -2.52. The van der Waals surface area contributed by atoms with Crippen LogP contribution in [-0.2, 0) is 0 Å². The second-order valence-electron chi connectivity index (χ2n) is 6.81. The second kappa shape index (κ2) is 9.32. The van der Waals surface area contributed by atoms with E-state index in [1.165, 1.54) is 14.2 Å². The van der Waals surface area contributed by atoms with Crippen LogP contribution in [0.3, 0.4) is 0 Å². The third-order valence-electron chi connectivity index (χ3n) is 5.27. The van der Waals surface area contributed by atoms with E-state index in [0.717, 1.165) is 0 Å². The minimum Gasteiger partial charge on any atom is -0.493 e. The van der Waals surface area contributed by atoms with Crippen LogP contribution in [0.4, 0.5) is 0 Å². The van der Waals surface area contributed by atoms with E-state index in [1.807, 2.05) is 0 Å². The molecule has 0 aromatic heterocycles. The van der Waals surface area contributed by atoms with Gasteiger partial charge in [0.2, 0.25) is 6.79 Å². The first-order valence-corrected chi connectivity index (χ1v) is 9.23. The van der Waals surface area contributed by atoms with Crippen molar-refractivity contribution in [1.29, 1.82) is 0 Å². The maximum absolute atomic E-state index is 10.9. The third-order valence-corrected chi connectivity index (χ3v) is 5.27.